The van der Waals surface area contributed by atoms with E-state index < -0.39 is 6.04 Å². The number of rotatable bonds is 5. The number of allylic oxidation sites excluding steroid dienone is 1. The number of amides is 1. The Morgan fingerprint density at radius 3 is 2.55 bits per heavy atom. The highest BCUT2D eigenvalue weighted by Crippen LogP contribution is 2.38. The standard InChI is InChI=1S/C22H24N6O3/c1-12-6-8-16(13(2)10-12)24-21(29)19-14(3)23-22-25-26-27-28(22)20(19)15-7-9-17(30-4)18(11-15)31-5/h6-11,20H,1-5H3,(H,24,29)(H,23,25,27). The molecule has 2 heterocycles. The van der Waals surface area contributed by atoms with Crippen molar-refractivity contribution in [3.8, 4) is 11.5 Å². The van der Waals surface area contributed by atoms with Crippen LogP contribution in [0.2, 0.25) is 0 Å². The Morgan fingerprint density at radius 2 is 1.84 bits per heavy atom. The summed E-state index contributed by atoms with van der Waals surface area (Å²) in [5.41, 5.74) is 4.84. The number of aromatic nitrogens is 4. The fraction of sp³-hybridized carbons (Fsp3) is 0.273. The van der Waals surface area contributed by atoms with Gasteiger partial charge in [-0.25, -0.2) is 0 Å². The van der Waals surface area contributed by atoms with Gasteiger partial charge in [-0.3, -0.25) is 4.79 Å². The zero-order valence-electron chi connectivity index (χ0n) is 18.1. The first-order valence-corrected chi connectivity index (χ1v) is 9.79. The maximum atomic E-state index is 13.5. The molecule has 9 heteroatoms. The molecule has 31 heavy (non-hydrogen) atoms. The largest absolute Gasteiger partial charge is 0.493 e. The number of carbonyl (C=O) groups is 1. The maximum Gasteiger partial charge on any atom is 0.255 e. The van der Waals surface area contributed by atoms with Crippen molar-refractivity contribution in [2.24, 2.45) is 0 Å². The predicted molar refractivity (Wildman–Crippen MR) is 116 cm³/mol. The molecule has 1 unspecified atom stereocenters. The van der Waals surface area contributed by atoms with Gasteiger partial charge in [-0.2, -0.15) is 4.68 Å². The van der Waals surface area contributed by atoms with E-state index in [0.29, 0.717) is 28.7 Å². The topological polar surface area (TPSA) is 103 Å². The Bertz CT molecular complexity index is 1180. The summed E-state index contributed by atoms with van der Waals surface area (Å²) in [6.07, 6.45) is 0. The van der Waals surface area contributed by atoms with Crippen LogP contribution < -0.4 is 20.1 Å². The number of tetrazole rings is 1. The van der Waals surface area contributed by atoms with Gasteiger partial charge in [0.25, 0.3) is 5.91 Å². The van der Waals surface area contributed by atoms with Crippen molar-refractivity contribution in [2.75, 3.05) is 24.9 Å². The molecular weight excluding hydrogens is 396 g/mol. The minimum atomic E-state index is -0.545. The van der Waals surface area contributed by atoms with Crippen LogP contribution in [0, 0.1) is 13.8 Å². The lowest BCUT2D eigenvalue weighted by Crippen LogP contribution is -2.31. The van der Waals surface area contributed by atoms with Crippen molar-refractivity contribution in [3.63, 3.8) is 0 Å². The lowest BCUT2D eigenvalue weighted by atomic mass is 9.94. The molecule has 1 atom stereocenters. The summed E-state index contributed by atoms with van der Waals surface area (Å²) in [6.45, 7) is 5.82. The molecule has 9 nitrogen and oxygen atoms in total. The second kappa shape index (κ2) is 8.10. The van der Waals surface area contributed by atoms with Gasteiger partial charge in [0.1, 0.15) is 6.04 Å². The van der Waals surface area contributed by atoms with Crippen molar-refractivity contribution in [1.29, 1.82) is 0 Å². The summed E-state index contributed by atoms with van der Waals surface area (Å²) >= 11 is 0. The van der Waals surface area contributed by atoms with E-state index in [0.717, 1.165) is 22.4 Å². The number of methoxy groups -OCH3 is 2. The molecule has 0 radical (unpaired) electrons. The van der Waals surface area contributed by atoms with Crippen LogP contribution >= 0.6 is 0 Å². The summed E-state index contributed by atoms with van der Waals surface area (Å²) < 4.78 is 12.4. The molecule has 4 rings (SSSR count). The van der Waals surface area contributed by atoms with Crippen LogP contribution in [0.25, 0.3) is 0 Å². The van der Waals surface area contributed by atoms with E-state index in [1.165, 1.54) is 0 Å². The molecule has 3 aromatic rings. The molecule has 0 saturated heterocycles. The molecule has 2 N–H and O–H groups in total. The third kappa shape index (κ3) is 3.70. The molecule has 0 spiro atoms. The normalized spacial score (nSPS) is 15.2. The van der Waals surface area contributed by atoms with Gasteiger partial charge in [-0.1, -0.05) is 28.9 Å². The van der Waals surface area contributed by atoms with E-state index >= 15 is 0 Å². The van der Waals surface area contributed by atoms with Gasteiger partial charge >= 0.3 is 0 Å². The van der Waals surface area contributed by atoms with E-state index in [4.69, 9.17) is 9.47 Å². The summed E-state index contributed by atoms with van der Waals surface area (Å²) in [4.78, 5) is 13.5. The molecule has 0 aliphatic carbocycles. The Labute approximate surface area is 180 Å². The van der Waals surface area contributed by atoms with Crippen molar-refractivity contribution >= 4 is 17.5 Å². The summed E-state index contributed by atoms with van der Waals surface area (Å²) in [5, 5.41) is 18.1. The SMILES string of the molecule is COc1ccc(C2C(C(=O)Nc3ccc(C)cc3C)=C(C)Nc3nnnn32)cc1OC. The molecule has 0 fully saturated rings. The van der Waals surface area contributed by atoms with Crippen LogP contribution in [0.5, 0.6) is 11.5 Å². The van der Waals surface area contributed by atoms with Gasteiger partial charge in [-0.05, 0) is 60.5 Å². The minimum absolute atomic E-state index is 0.238. The molecule has 1 aromatic heterocycles. The average molecular weight is 420 g/mol. The quantitative estimate of drug-likeness (QED) is 0.653. The first kappa shape index (κ1) is 20.4. The van der Waals surface area contributed by atoms with Crippen LogP contribution in [-0.2, 0) is 4.79 Å². The van der Waals surface area contributed by atoms with Crippen molar-refractivity contribution in [1.82, 2.24) is 20.2 Å². The zero-order valence-corrected chi connectivity index (χ0v) is 18.1. The highest BCUT2D eigenvalue weighted by molar-refractivity contribution is 6.06. The number of benzene rings is 2. The molecule has 2 aromatic carbocycles. The highest BCUT2D eigenvalue weighted by atomic mass is 16.5. The number of hydrogen-bond donors (Lipinski definition) is 2. The number of nitrogens with one attached hydrogen (secondary N) is 2. The monoisotopic (exact) mass is 420 g/mol. The fourth-order valence-electron chi connectivity index (χ4n) is 3.78. The van der Waals surface area contributed by atoms with Gasteiger partial charge in [0.15, 0.2) is 11.5 Å². The third-order valence-corrected chi connectivity index (χ3v) is 5.31. The van der Waals surface area contributed by atoms with E-state index in [9.17, 15) is 4.79 Å². The van der Waals surface area contributed by atoms with Crippen LogP contribution in [0.1, 0.15) is 29.7 Å². The van der Waals surface area contributed by atoms with Crippen LogP contribution in [0.15, 0.2) is 47.7 Å². The first-order chi connectivity index (χ1) is 14.9. The van der Waals surface area contributed by atoms with E-state index in [1.54, 1.807) is 25.0 Å². The number of carbonyl (C=O) groups excluding carboxylic acids is 1. The van der Waals surface area contributed by atoms with Crippen molar-refractivity contribution < 1.29 is 14.3 Å². The number of aryl methyl sites for hydroxylation is 2. The predicted octanol–water partition coefficient (Wildman–Crippen LogP) is 3.23. The maximum absolute atomic E-state index is 13.5. The zero-order chi connectivity index (χ0) is 22.1. The van der Waals surface area contributed by atoms with Gasteiger partial charge in [0, 0.05) is 11.4 Å². The molecule has 1 aliphatic heterocycles. The van der Waals surface area contributed by atoms with Gasteiger partial charge in [-0.15, -0.1) is 0 Å². The molecule has 1 aliphatic rings. The number of fused-ring (bicyclic) bond motifs is 1. The summed E-state index contributed by atoms with van der Waals surface area (Å²) in [5.74, 6) is 1.37. The smallest absolute Gasteiger partial charge is 0.255 e. The van der Waals surface area contributed by atoms with Gasteiger partial charge in [0.05, 0.1) is 19.8 Å². The van der Waals surface area contributed by atoms with Crippen molar-refractivity contribution in [2.45, 2.75) is 26.8 Å². The molecule has 160 valence electrons. The van der Waals surface area contributed by atoms with Crippen LogP contribution in [-0.4, -0.2) is 40.3 Å². The van der Waals surface area contributed by atoms with E-state index in [1.807, 2.05) is 51.1 Å². The lowest BCUT2D eigenvalue weighted by molar-refractivity contribution is -0.113. The van der Waals surface area contributed by atoms with E-state index in [-0.39, 0.29) is 5.91 Å². The minimum Gasteiger partial charge on any atom is -0.493 e. The number of hydrogen-bond acceptors (Lipinski definition) is 7. The van der Waals surface area contributed by atoms with Crippen LogP contribution in [0.3, 0.4) is 0 Å². The Kier molecular flexibility index (Phi) is 5.33. The lowest BCUT2D eigenvalue weighted by Gasteiger charge is -2.28. The highest BCUT2D eigenvalue weighted by Gasteiger charge is 2.34. The first-order valence-electron chi connectivity index (χ1n) is 9.79. The van der Waals surface area contributed by atoms with Crippen molar-refractivity contribution in [3.05, 3.63) is 64.4 Å². The Balaban J connectivity index is 1.78. The third-order valence-electron chi connectivity index (χ3n) is 5.31. The fourth-order valence-corrected chi connectivity index (χ4v) is 3.78. The molecule has 0 saturated carbocycles. The molecular formula is C22H24N6O3. The molecule has 0 bridgehead atoms. The summed E-state index contributed by atoms with van der Waals surface area (Å²) in [6, 6.07) is 10.9. The summed E-state index contributed by atoms with van der Waals surface area (Å²) in [7, 11) is 3.15. The van der Waals surface area contributed by atoms with Gasteiger partial charge < -0.3 is 20.1 Å². The number of anilines is 2. The number of ether oxygens (including phenoxy) is 2. The molecule has 1 amide bonds. The van der Waals surface area contributed by atoms with E-state index in [2.05, 4.69) is 26.2 Å². The van der Waals surface area contributed by atoms with Crippen LogP contribution in [0.4, 0.5) is 11.6 Å². The average Bonchev–Trinajstić information content (AvgIpc) is 3.22. The second-order valence-electron chi connectivity index (χ2n) is 7.40. The second-order valence-corrected chi connectivity index (χ2v) is 7.40. The van der Waals surface area contributed by atoms with Gasteiger partial charge in [0.2, 0.25) is 5.95 Å². The Morgan fingerprint density at radius 1 is 1.06 bits per heavy atom. The Hall–Kier alpha value is -3.88. The number of nitrogens with zero attached hydrogens (tertiary/aromatic N) is 4.